The standard InChI is InChI=1S/C17H18BrClN2O4S/c1-11(10-25-2)21-26(23,24)14-6-4-13(5-7-14)20-17(22)15-9-12(18)3-8-16(15)19/h3-9,11,21H,10H2,1-2H3,(H,20,22)/t11-/m0/s1. The highest BCUT2D eigenvalue weighted by Crippen LogP contribution is 2.22. The van der Waals surface area contributed by atoms with E-state index >= 15 is 0 Å². The van der Waals surface area contributed by atoms with E-state index in [0.717, 1.165) is 4.47 Å². The van der Waals surface area contributed by atoms with Crippen LogP contribution in [0.25, 0.3) is 0 Å². The van der Waals surface area contributed by atoms with Crippen LogP contribution in [-0.2, 0) is 14.8 Å². The number of ether oxygens (including phenoxy) is 1. The maximum atomic E-state index is 12.3. The summed E-state index contributed by atoms with van der Waals surface area (Å²) in [5, 5.41) is 3.01. The van der Waals surface area contributed by atoms with E-state index in [1.807, 2.05) is 0 Å². The first-order chi connectivity index (χ1) is 12.2. The van der Waals surface area contributed by atoms with Gasteiger partial charge in [-0.15, -0.1) is 0 Å². The molecular formula is C17H18BrClN2O4S. The van der Waals surface area contributed by atoms with E-state index in [1.54, 1.807) is 25.1 Å². The fourth-order valence-corrected chi connectivity index (χ4v) is 4.00. The monoisotopic (exact) mass is 460 g/mol. The summed E-state index contributed by atoms with van der Waals surface area (Å²) < 4.78 is 32.7. The molecule has 0 aliphatic heterocycles. The van der Waals surface area contributed by atoms with Gasteiger partial charge in [0.1, 0.15) is 0 Å². The fraction of sp³-hybridized carbons (Fsp3) is 0.235. The molecule has 0 saturated carbocycles. The molecule has 0 unspecified atom stereocenters. The molecule has 0 aliphatic carbocycles. The highest BCUT2D eigenvalue weighted by molar-refractivity contribution is 9.10. The van der Waals surface area contributed by atoms with E-state index in [1.165, 1.54) is 31.4 Å². The quantitative estimate of drug-likeness (QED) is 0.659. The van der Waals surface area contributed by atoms with Gasteiger partial charge in [0.2, 0.25) is 10.0 Å². The second-order valence-corrected chi connectivity index (χ2v) is 8.62. The van der Waals surface area contributed by atoms with Crippen LogP contribution in [0.3, 0.4) is 0 Å². The molecule has 6 nitrogen and oxygen atoms in total. The third-order valence-electron chi connectivity index (χ3n) is 3.37. The van der Waals surface area contributed by atoms with E-state index in [2.05, 4.69) is 26.0 Å². The maximum absolute atomic E-state index is 12.3. The third-order valence-corrected chi connectivity index (χ3v) is 5.80. The van der Waals surface area contributed by atoms with E-state index in [9.17, 15) is 13.2 Å². The minimum atomic E-state index is -3.66. The minimum Gasteiger partial charge on any atom is -0.383 e. The van der Waals surface area contributed by atoms with Crippen LogP contribution >= 0.6 is 27.5 Å². The Morgan fingerprint density at radius 3 is 2.50 bits per heavy atom. The number of hydrogen-bond donors (Lipinski definition) is 2. The Balaban J connectivity index is 2.12. The van der Waals surface area contributed by atoms with Crippen LogP contribution in [0.1, 0.15) is 17.3 Å². The van der Waals surface area contributed by atoms with Crippen LogP contribution in [0.5, 0.6) is 0 Å². The lowest BCUT2D eigenvalue weighted by molar-refractivity contribution is 0.102. The Hall–Kier alpha value is -1.45. The van der Waals surface area contributed by atoms with Crippen LogP contribution in [0.4, 0.5) is 5.69 Å². The Labute approximate surface area is 166 Å². The van der Waals surface area contributed by atoms with Gasteiger partial charge in [-0.25, -0.2) is 13.1 Å². The Morgan fingerprint density at radius 1 is 1.23 bits per heavy atom. The molecule has 0 fully saturated rings. The predicted octanol–water partition coefficient (Wildman–Crippen LogP) is 3.67. The number of anilines is 1. The lowest BCUT2D eigenvalue weighted by Crippen LogP contribution is -2.35. The highest BCUT2D eigenvalue weighted by atomic mass is 79.9. The molecule has 1 amide bonds. The van der Waals surface area contributed by atoms with E-state index in [4.69, 9.17) is 16.3 Å². The van der Waals surface area contributed by atoms with Gasteiger partial charge in [-0.2, -0.15) is 0 Å². The fourth-order valence-electron chi connectivity index (χ4n) is 2.20. The van der Waals surface area contributed by atoms with Gasteiger partial charge in [0.05, 0.1) is 22.1 Å². The van der Waals surface area contributed by atoms with Gasteiger partial charge >= 0.3 is 0 Å². The summed E-state index contributed by atoms with van der Waals surface area (Å²) in [5.41, 5.74) is 0.766. The molecule has 0 radical (unpaired) electrons. The first-order valence-electron chi connectivity index (χ1n) is 7.60. The molecule has 1 atom stereocenters. The topological polar surface area (TPSA) is 84.5 Å². The predicted molar refractivity (Wildman–Crippen MR) is 105 cm³/mol. The van der Waals surface area contributed by atoms with Crippen molar-refractivity contribution in [3.63, 3.8) is 0 Å². The molecule has 2 N–H and O–H groups in total. The average Bonchev–Trinajstić information content (AvgIpc) is 2.57. The Bertz CT molecular complexity index is 888. The lowest BCUT2D eigenvalue weighted by Gasteiger charge is -2.13. The van der Waals surface area contributed by atoms with Crippen LogP contribution < -0.4 is 10.0 Å². The van der Waals surface area contributed by atoms with Gasteiger partial charge in [-0.3, -0.25) is 4.79 Å². The zero-order chi connectivity index (χ0) is 19.3. The SMILES string of the molecule is COC[C@H](C)NS(=O)(=O)c1ccc(NC(=O)c2cc(Br)ccc2Cl)cc1. The number of methoxy groups -OCH3 is 1. The first kappa shape index (κ1) is 20.9. The van der Waals surface area contributed by atoms with Crippen molar-refractivity contribution in [3.05, 3.63) is 57.5 Å². The van der Waals surface area contributed by atoms with Crippen LogP contribution in [-0.4, -0.2) is 34.1 Å². The Morgan fingerprint density at radius 2 is 1.88 bits per heavy atom. The van der Waals surface area contributed by atoms with Gasteiger partial charge < -0.3 is 10.1 Å². The molecule has 2 aromatic rings. The molecule has 26 heavy (non-hydrogen) atoms. The summed E-state index contributed by atoms with van der Waals surface area (Å²) in [4.78, 5) is 12.4. The number of halogens is 2. The summed E-state index contributed by atoms with van der Waals surface area (Å²) >= 11 is 9.33. The van der Waals surface area contributed by atoms with Crippen molar-refractivity contribution in [1.29, 1.82) is 0 Å². The van der Waals surface area contributed by atoms with Crippen molar-refractivity contribution in [1.82, 2.24) is 4.72 Å². The van der Waals surface area contributed by atoms with Crippen molar-refractivity contribution < 1.29 is 17.9 Å². The molecule has 9 heteroatoms. The van der Waals surface area contributed by atoms with Crippen molar-refractivity contribution in [3.8, 4) is 0 Å². The van der Waals surface area contributed by atoms with Gasteiger partial charge in [-0.1, -0.05) is 27.5 Å². The summed E-state index contributed by atoms with van der Waals surface area (Å²) in [7, 11) is -2.16. The zero-order valence-corrected chi connectivity index (χ0v) is 17.3. The molecule has 0 saturated heterocycles. The molecular weight excluding hydrogens is 444 g/mol. The van der Waals surface area contributed by atoms with Crippen molar-refractivity contribution in [2.24, 2.45) is 0 Å². The van der Waals surface area contributed by atoms with Crippen LogP contribution in [0, 0.1) is 0 Å². The number of nitrogens with one attached hydrogen (secondary N) is 2. The van der Waals surface area contributed by atoms with E-state index in [-0.39, 0.29) is 17.5 Å². The van der Waals surface area contributed by atoms with E-state index in [0.29, 0.717) is 16.3 Å². The van der Waals surface area contributed by atoms with Crippen molar-refractivity contribution in [2.45, 2.75) is 17.9 Å². The molecule has 0 bridgehead atoms. The maximum Gasteiger partial charge on any atom is 0.257 e. The number of carbonyl (C=O) groups excluding carboxylic acids is 1. The molecule has 140 valence electrons. The number of amides is 1. The van der Waals surface area contributed by atoms with Gasteiger partial charge in [0.25, 0.3) is 5.91 Å². The van der Waals surface area contributed by atoms with Crippen LogP contribution in [0.15, 0.2) is 51.8 Å². The van der Waals surface area contributed by atoms with Crippen molar-refractivity contribution in [2.75, 3.05) is 19.0 Å². The van der Waals surface area contributed by atoms with Gasteiger partial charge in [0.15, 0.2) is 0 Å². The summed E-state index contributed by atoms with van der Waals surface area (Å²) in [6, 6.07) is 10.5. The largest absolute Gasteiger partial charge is 0.383 e. The van der Waals surface area contributed by atoms with Gasteiger partial charge in [-0.05, 0) is 49.4 Å². The lowest BCUT2D eigenvalue weighted by atomic mass is 10.2. The summed E-state index contributed by atoms with van der Waals surface area (Å²) in [6.07, 6.45) is 0. The number of sulfonamides is 1. The Kier molecular flexibility index (Phi) is 7.19. The minimum absolute atomic E-state index is 0.0962. The highest BCUT2D eigenvalue weighted by Gasteiger charge is 2.17. The number of benzene rings is 2. The van der Waals surface area contributed by atoms with Crippen molar-refractivity contribution >= 4 is 49.1 Å². The smallest absolute Gasteiger partial charge is 0.257 e. The second-order valence-electron chi connectivity index (χ2n) is 5.58. The first-order valence-corrected chi connectivity index (χ1v) is 10.3. The normalized spacial score (nSPS) is 12.6. The average molecular weight is 462 g/mol. The molecule has 0 aliphatic rings. The second kappa shape index (κ2) is 8.96. The third kappa shape index (κ3) is 5.52. The molecule has 2 rings (SSSR count). The van der Waals surface area contributed by atoms with Gasteiger partial charge in [0, 0.05) is 23.3 Å². The molecule has 0 aromatic heterocycles. The summed E-state index contributed by atoms with van der Waals surface area (Å²) in [5.74, 6) is -0.390. The number of rotatable bonds is 7. The summed E-state index contributed by atoms with van der Waals surface area (Å²) in [6.45, 7) is 1.97. The molecule has 2 aromatic carbocycles. The van der Waals surface area contributed by atoms with Crippen LogP contribution in [0.2, 0.25) is 5.02 Å². The molecule has 0 heterocycles. The van der Waals surface area contributed by atoms with E-state index < -0.39 is 15.9 Å². The number of carbonyl (C=O) groups is 1. The number of hydrogen-bond acceptors (Lipinski definition) is 4. The molecule has 0 spiro atoms. The zero-order valence-electron chi connectivity index (χ0n) is 14.1.